The number of amides is 1. The van der Waals surface area contributed by atoms with E-state index in [2.05, 4.69) is 93.2 Å². The van der Waals surface area contributed by atoms with Crippen LogP contribution in [0.2, 0.25) is 0 Å². The molecule has 0 saturated carbocycles. The van der Waals surface area contributed by atoms with E-state index in [0.29, 0.717) is 11.8 Å². The SMILES string of the molecule is CC1C=CC=C(Cn2cc(C3C=CC=CC3C)nc2[C@H](NC(=O)OC(C)(C)C)C(C)(C)C)C1. The van der Waals surface area contributed by atoms with Crippen molar-refractivity contribution >= 4 is 6.09 Å². The molecule has 0 aliphatic heterocycles. The lowest BCUT2D eigenvalue weighted by Crippen LogP contribution is -2.41. The zero-order valence-electron chi connectivity index (χ0n) is 21.6. The third-order valence-electron chi connectivity index (χ3n) is 6.09. The molecule has 1 aromatic heterocycles. The van der Waals surface area contributed by atoms with Crippen molar-refractivity contribution in [2.24, 2.45) is 17.3 Å². The standard InChI is InChI=1S/C28H41N3O2/c1-19-12-11-14-21(16-19)17-31-18-23(22-15-10-9-13-20(22)2)29-25(31)24(27(3,4)5)30-26(32)33-28(6,7)8/h9-15,18-20,22,24H,16-17H2,1-8H3,(H,30,32)/t19?,20?,22?,24-/m0/s1. The predicted octanol–water partition coefficient (Wildman–Crippen LogP) is 6.86. The van der Waals surface area contributed by atoms with E-state index < -0.39 is 11.7 Å². The van der Waals surface area contributed by atoms with Crippen LogP contribution in [0.15, 0.2) is 54.3 Å². The molecular formula is C28H41N3O2. The van der Waals surface area contributed by atoms with Crippen molar-refractivity contribution in [1.29, 1.82) is 0 Å². The first-order chi connectivity index (χ1) is 15.3. The Bertz CT molecular complexity index is 966. The number of hydrogen-bond donors (Lipinski definition) is 1. The molecule has 33 heavy (non-hydrogen) atoms. The lowest BCUT2D eigenvalue weighted by atomic mass is 9.86. The van der Waals surface area contributed by atoms with Gasteiger partial charge in [0.05, 0.1) is 11.7 Å². The second-order valence-corrected chi connectivity index (χ2v) is 11.6. The highest BCUT2D eigenvalue weighted by Gasteiger charge is 2.34. The normalized spacial score (nSPS) is 23.9. The van der Waals surface area contributed by atoms with Crippen LogP contribution in [0.5, 0.6) is 0 Å². The number of aromatic nitrogens is 2. The highest BCUT2D eigenvalue weighted by molar-refractivity contribution is 5.68. The van der Waals surface area contributed by atoms with Gasteiger partial charge in [0.25, 0.3) is 0 Å². The number of imidazole rings is 1. The van der Waals surface area contributed by atoms with Gasteiger partial charge in [0, 0.05) is 18.7 Å². The van der Waals surface area contributed by atoms with E-state index in [1.54, 1.807) is 0 Å². The summed E-state index contributed by atoms with van der Waals surface area (Å²) in [6.45, 7) is 17.3. The highest BCUT2D eigenvalue weighted by Crippen LogP contribution is 2.36. The van der Waals surface area contributed by atoms with Gasteiger partial charge in [-0.1, -0.05) is 77.2 Å². The van der Waals surface area contributed by atoms with E-state index in [1.807, 2.05) is 20.8 Å². The maximum absolute atomic E-state index is 12.8. The van der Waals surface area contributed by atoms with Gasteiger partial charge in [0.2, 0.25) is 0 Å². The Morgan fingerprint density at radius 2 is 1.82 bits per heavy atom. The third-order valence-corrected chi connectivity index (χ3v) is 6.09. The topological polar surface area (TPSA) is 56.2 Å². The molecule has 5 nitrogen and oxygen atoms in total. The minimum Gasteiger partial charge on any atom is -0.444 e. The van der Waals surface area contributed by atoms with E-state index in [4.69, 9.17) is 9.72 Å². The molecule has 1 heterocycles. The van der Waals surface area contributed by atoms with Gasteiger partial charge in [-0.25, -0.2) is 9.78 Å². The minimum absolute atomic E-state index is 0.219. The predicted molar refractivity (Wildman–Crippen MR) is 135 cm³/mol. The van der Waals surface area contributed by atoms with E-state index in [1.165, 1.54) is 5.57 Å². The Balaban J connectivity index is 2.00. The molecule has 3 rings (SSSR count). The molecule has 5 heteroatoms. The van der Waals surface area contributed by atoms with Crippen molar-refractivity contribution in [3.63, 3.8) is 0 Å². The number of ether oxygens (including phenoxy) is 1. The first-order valence-electron chi connectivity index (χ1n) is 12.1. The molecule has 0 saturated heterocycles. The number of carbonyl (C=O) groups is 1. The molecule has 180 valence electrons. The van der Waals surface area contributed by atoms with Gasteiger partial charge in [0.15, 0.2) is 0 Å². The first kappa shape index (κ1) is 25.1. The van der Waals surface area contributed by atoms with E-state index in [-0.39, 0.29) is 17.4 Å². The summed E-state index contributed by atoms with van der Waals surface area (Å²) in [5, 5.41) is 3.13. The molecule has 3 unspecified atom stereocenters. The van der Waals surface area contributed by atoms with E-state index in [0.717, 1.165) is 24.5 Å². The number of hydrogen-bond acceptors (Lipinski definition) is 3. The van der Waals surface area contributed by atoms with Crippen molar-refractivity contribution in [3.8, 4) is 0 Å². The Kier molecular flexibility index (Phi) is 7.40. The summed E-state index contributed by atoms with van der Waals surface area (Å²) in [5.41, 5.74) is 1.60. The van der Waals surface area contributed by atoms with Gasteiger partial charge < -0.3 is 14.6 Å². The van der Waals surface area contributed by atoms with Gasteiger partial charge in [-0.3, -0.25) is 0 Å². The van der Waals surface area contributed by atoms with Crippen LogP contribution in [-0.2, 0) is 11.3 Å². The highest BCUT2D eigenvalue weighted by atomic mass is 16.6. The third kappa shape index (κ3) is 6.72. The van der Waals surface area contributed by atoms with Crippen molar-refractivity contribution in [3.05, 3.63) is 65.8 Å². The summed E-state index contributed by atoms with van der Waals surface area (Å²) >= 11 is 0. The molecule has 1 amide bonds. The fourth-order valence-electron chi connectivity index (χ4n) is 4.42. The maximum Gasteiger partial charge on any atom is 0.408 e. The summed E-state index contributed by atoms with van der Waals surface area (Å²) in [6.07, 6.45) is 18.0. The van der Waals surface area contributed by atoms with Crippen LogP contribution in [-0.4, -0.2) is 21.2 Å². The Hall–Kier alpha value is -2.56. The van der Waals surface area contributed by atoms with Crippen LogP contribution in [0.1, 0.15) is 85.3 Å². The van der Waals surface area contributed by atoms with Crippen LogP contribution in [0.25, 0.3) is 0 Å². The molecule has 1 aromatic rings. The molecule has 0 fully saturated rings. The Morgan fingerprint density at radius 3 is 2.42 bits per heavy atom. The first-order valence-corrected chi connectivity index (χ1v) is 12.1. The number of nitrogens with zero attached hydrogens (tertiary/aromatic N) is 2. The van der Waals surface area contributed by atoms with Gasteiger partial charge in [-0.2, -0.15) is 0 Å². The molecule has 0 radical (unpaired) electrons. The summed E-state index contributed by atoms with van der Waals surface area (Å²) < 4.78 is 7.84. The number of rotatable bonds is 5. The van der Waals surface area contributed by atoms with Crippen molar-refractivity contribution in [2.75, 3.05) is 0 Å². The maximum atomic E-state index is 12.8. The number of carbonyl (C=O) groups excluding carboxylic acids is 1. The zero-order valence-corrected chi connectivity index (χ0v) is 21.6. The van der Waals surface area contributed by atoms with Crippen LogP contribution >= 0.6 is 0 Å². The van der Waals surface area contributed by atoms with Crippen molar-refractivity contribution in [2.45, 2.75) is 85.9 Å². The van der Waals surface area contributed by atoms with Gasteiger partial charge in [-0.05, 0) is 50.0 Å². The number of alkyl carbamates (subject to hydrolysis) is 1. The molecule has 2 aliphatic carbocycles. The van der Waals surface area contributed by atoms with Crippen LogP contribution in [0.3, 0.4) is 0 Å². The number of nitrogens with one attached hydrogen (secondary N) is 1. The molecule has 0 aromatic carbocycles. The zero-order chi connectivity index (χ0) is 24.4. The molecular weight excluding hydrogens is 410 g/mol. The van der Waals surface area contributed by atoms with Gasteiger partial charge >= 0.3 is 6.09 Å². The summed E-state index contributed by atoms with van der Waals surface area (Å²) in [4.78, 5) is 17.9. The Morgan fingerprint density at radius 1 is 1.12 bits per heavy atom. The van der Waals surface area contributed by atoms with Crippen molar-refractivity contribution in [1.82, 2.24) is 14.9 Å². The molecule has 1 N–H and O–H groups in total. The quantitative estimate of drug-likeness (QED) is 0.532. The van der Waals surface area contributed by atoms with Crippen LogP contribution in [0, 0.1) is 17.3 Å². The second kappa shape index (κ2) is 9.74. The summed E-state index contributed by atoms with van der Waals surface area (Å²) in [7, 11) is 0. The fraction of sp³-hybridized carbons (Fsp3) is 0.571. The largest absolute Gasteiger partial charge is 0.444 e. The summed E-state index contributed by atoms with van der Waals surface area (Å²) in [6, 6.07) is -0.295. The molecule has 2 aliphatic rings. The van der Waals surface area contributed by atoms with Crippen LogP contribution < -0.4 is 5.32 Å². The minimum atomic E-state index is -0.558. The summed E-state index contributed by atoms with van der Waals surface area (Å²) in [5.74, 6) is 1.99. The number of allylic oxidation sites excluding steroid dienone is 8. The Labute approximate surface area is 199 Å². The lowest BCUT2D eigenvalue weighted by Gasteiger charge is -2.32. The smallest absolute Gasteiger partial charge is 0.408 e. The van der Waals surface area contributed by atoms with E-state index in [9.17, 15) is 4.79 Å². The average molecular weight is 452 g/mol. The molecule has 0 bridgehead atoms. The fourth-order valence-corrected chi connectivity index (χ4v) is 4.42. The monoisotopic (exact) mass is 451 g/mol. The molecule has 4 atom stereocenters. The molecule has 0 spiro atoms. The van der Waals surface area contributed by atoms with Gasteiger partial charge in [-0.15, -0.1) is 0 Å². The van der Waals surface area contributed by atoms with Crippen molar-refractivity contribution < 1.29 is 9.53 Å². The van der Waals surface area contributed by atoms with Crippen LogP contribution in [0.4, 0.5) is 4.79 Å². The average Bonchev–Trinajstić information content (AvgIpc) is 3.07. The second-order valence-electron chi connectivity index (χ2n) is 11.6. The van der Waals surface area contributed by atoms with E-state index >= 15 is 0 Å². The van der Waals surface area contributed by atoms with Gasteiger partial charge in [0.1, 0.15) is 11.4 Å². The lowest BCUT2D eigenvalue weighted by molar-refractivity contribution is 0.0456.